The number of rotatable bonds is 5. The van der Waals surface area contributed by atoms with E-state index in [1.165, 1.54) is 11.0 Å². The topological polar surface area (TPSA) is 92.6 Å². The maximum Gasteiger partial charge on any atom is 0.306 e. The van der Waals surface area contributed by atoms with Crippen LogP contribution in [0.15, 0.2) is 42.5 Å². The molecule has 2 aromatic carbocycles. The van der Waals surface area contributed by atoms with Gasteiger partial charge in [-0.25, -0.2) is 0 Å². The van der Waals surface area contributed by atoms with E-state index < -0.39 is 22.3 Å². The van der Waals surface area contributed by atoms with Gasteiger partial charge in [-0.2, -0.15) is 4.39 Å². The maximum atomic E-state index is 13.5. The average Bonchev–Trinajstić information content (AvgIpc) is 3.04. The molecule has 2 amide bonds. The molecule has 1 aliphatic rings. The quantitative estimate of drug-likeness (QED) is 0.645. The fraction of sp³-hybridized carbons (Fsp3) is 0.263. The summed E-state index contributed by atoms with van der Waals surface area (Å²) in [7, 11) is 0. The first-order valence-electron chi connectivity index (χ1n) is 8.53. The maximum absolute atomic E-state index is 13.5. The molecule has 8 heteroatoms. The normalized spacial score (nSPS) is 16.4. The van der Waals surface area contributed by atoms with Crippen LogP contribution in [0.2, 0.25) is 0 Å². The summed E-state index contributed by atoms with van der Waals surface area (Å²) < 4.78 is 13.5. The number of nitrogens with one attached hydrogen (secondary N) is 1. The van der Waals surface area contributed by atoms with E-state index in [1.807, 2.05) is 25.1 Å². The van der Waals surface area contributed by atoms with Crippen LogP contribution in [0, 0.1) is 21.8 Å². The Morgan fingerprint density at radius 2 is 2.11 bits per heavy atom. The second-order valence-electron chi connectivity index (χ2n) is 6.34. The largest absolute Gasteiger partial charge is 0.326 e. The Kier molecular flexibility index (Phi) is 5.16. The van der Waals surface area contributed by atoms with Gasteiger partial charge in [0.25, 0.3) is 0 Å². The van der Waals surface area contributed by atoms with Crippen LogP contribution in [0.4, 0.5) is 21.5 Å². The molecular weight excluding hydrogens is 353 g/mol. The van der Waals surface area contributed by atoms with Crippen LogP contribution in [-0.4, -0.2) is 23.3 Å². The number of nitro benzene ring substituents is 1. The van der Waals surface area contributed by atoms with Crippen LogP contribution in [0.1, 0.15) is 18.9 Å². The van der Waals surface area contributed by atoms with Crippen molar-refractivity contribution in [2.75, 3.05) is 16.8 Å². The van der Waals surface area contributed by atoms with Gasteiger partial charge < -0.3 is 10.2 Å². The van der Waals surface area contributed by atoms with Crippen LogP contribution in [0.25, 0.3) is 0 Å². The number of amides is 2. The lowest BCUT2D eigenvalue weighted by Gasteiger charge is -2.16. The molecule has 140 valence electrons. The summed E-state index contributed by atoms with van der Waals surface area (Å²) in [6.07, 6.45) is 0.827. The van der Waals surface area contributed by atoms with Crippen molar-refractivity contribution in [1.29, 1.82) is 0 Å². The molecule has 3 rings (SSSR count). The lowest BCUT2D eigenvalue weighted by molar-refractivity contribution is -0.387. The van der Waals surface area contributed by atoms with Gasteiger partial charge in [0.05, 0.1) is 16.5 Å². The van der Waals surface area contributed by atoms with E-state index in [-0.39, 0.29) is 30.5 Å². The van der Waals surface area contributed by atoms with Gasteiger partial charge in [-0.05, 0) is 36.2 Å². The molecule has 1 saturated heterocycles. The van der Waals surface area contributed by atoms with Gasteiger partial charge in [0.1, 0.15) is 0 Å². The summed E-state index contributed by atoms with van der Waals surface area (Å²) in [6.45, 7) is 2.09. The predicted molar refractivity (Wildman–Crippen MR) is 98.0 cm³/mol. The summed E-state index contributed by atoms with van der Waals surface area (Å²) in [6, 6.07) is 10.7. The van der Waals surface area contributed by atoms with E-state index in [0.29, 0.717) is 5.69 Å². The van der Waals surface area contributed by atoms with E-state index >= 15 is 0 Å². The molecule has 0 bridgehead atoms. The van der Waals surface area contributed by atoms with Crippen molar-refractivity contribution in [1.82, 2.24) is 0 Å². The number of hydrogen-bond donors (Lipinski definition) is 1. The van der Waals surface area contributed by atoms with E-state index in [1.54, 1.807) is 6.07 Å². The third-order valence-electron chi connectivity index (χ3n) is 4.54. The van der Waals surface area contributed by atoms with Gasteiger partial charge in [-0.3, -0.25) is 19.7 Å². The Morgan fingerprint density at radius 1 is 1.33 bits per heavy atom. The Labute approximate surface area is 154 Å². The number of nitro groups is 1. The van der Waals surface area contributed by atoms with E-state index in [2.05, 4.69) is 5.32 Å². The number of carbonyl (C=O) groups excluding carboxylic acids is 2. The highest BCUT2D eigenvalue weighted by Crippen LogP contribution is 2.30. The average molecular weight is 371 g/mol. The second-order valence-corrected chi connectivity index (χ2v) is 6.34. The van der Waals surface area contributed by atoms with Gasteiger partial charge in [0.2, 0.25) is 17.6 Å². The minimum absolute atomic E-state index is 0.00945. The molecule has 0 spiro atoms. The Morgan fingerprint density at radius 3 is 2.81 bits per heavy atom. The third kappa shape index (κ3) is 3.94. The number of anilines is 2. The number of benzene rings is 2. The van der Waals surface area contributed by atoms with Gasteiger partial charge in [-0.15, -0.1) is 0 Å². The minimum atomic E-state index is -0.972. The highest BCUT2D eigenvalue weighted by Gasteiger charge is 2.36. The molecule has 1 unspecified atom stereocenters. The molecule has 1 heterocycles. The number of halogens is 1. The van der Waals surface area contributed by atoms with Crippen molar-refractivity contribution < 1.29 is 18.9 Å². The zero-order valence-electron chi connectivity index (χ0n) is 14.6. The van der Waals surface area contributed by atoms with Crippen LogP contribution in [0.5, 0.6) is 0 Å². The summed E-state index contributed by atoms with van der Waals surface area (Å²) in [5, 5.41) is 13.7. The van der Waals surface area contributed by atoms with Crippen LogP contribution in [0.3, 0.4) is 0 Å². The molecule has 0 radical (unpaired) electrons. The van der Waals surface area contributed by atoms with E-state index in [4.69, 9.17) is 0 Å². The Bertz CT molecular complexity index is 916. The summed E-state index contributed by atoms with van der Waals surface area (Å²) in [5.41, 5.74) is 1.24. The zero-order valence-corrected chi connectivity index (χ0v) is 14.6. The molecule has 1 fully saturated rings. The molecule has 0 aliphatic carbocycles. The monoisotopic (exact) mass is 371 g/mol. The zero-order chi connectivity index (χ0) is 19.6. The summed E-state index contributed by atoms with van der Waals surface area (Å²) >= 11 is 0. The first-order chi connectivity index (χ1) is 12.9. The standard InChI is InChI=1S/C19H18FN3O4/c1-2-12-4-3-5-14(8-12)21-19(25)13-9-18(24)22(11-13)15-6-7-16(20)17(10-15)23(26)27/h3-8,10,13H,2,9,11H2,1H3,(H,21,25). The lowest BCUT2D eigenvalue weighted by atomic mass is 10.1. The molecule has 1 aliphatic heterocycles. The summed E-state index contributed by atoms with van der Waals surface area (Å²) in [5.74, 6) is -2.19. The third-order valence-corrected chi connectivity index (χ3v) is 4.54. The Hall–Kier alpha value is -3.29. The first-order valence-corrected chi connectivity index (χ1v) is 8.53. The molecular formula is C19H18FN3O4. The summed E-state index contributed by atoms with van der Waals surface area (Å²) in [4.78, 5) is 36.1. The number of nitrogens with zero attached hydrogens (tertiary/aromatic N) is 2. The Balaban J connectivity index is 1.74. The van der Waals surface area contributed by atoms with Gasteiger partial charge >= 0.3 is 5.69 Å². The van der Waals surface area contributed by atoms with Crippen molar-refractivity contribution in [2.24, 2.45) is 5.92 Å². The highest BCUT2D eigenvalue weighted by atomic mass is 19.1. The van der Waals surface area contributed by atoms with Crippen molar-refractivity contribution in [2.45, 2.75) is 19.8 Å². The van der Waals surface area contributed by atoms with E-state index in [0.717, 1.165) is 24.1 Å². The van der Waals surface area contributed by atoms with Crippen molar-refractivity contribution in [3.8, 4) is 0 Å². The van der Waals surface area contributed by atoms with Gasteiger partial charge in [0.15, 0.2) is 0 Å². The van der Waals surface area contributed by atoms with Crippen LogP contribution >= 0.6 is 0 Å². The molecule has 0 aromatic heterocycles. The molecule has 2 aromatic rings. The fourth-order valence-corrected chi connectivity index (χ4v) is 3.05. The number of hydrogen-bond acceptors (Lipinski definition) is 4. The van der Waals surface area contributed by atoms with Crippen molar-refractivity contribution >= 4 is 28.9 Å². The van der Waals surface area contributed by atoms with Crippen molar-refractivity contribution in [3.63, 3.8) is 0 Å². The van der Waals surface area contributed by atoms with Crippen LogP contribution in [-0.2, 0) is 16.0 Å². The van der Waals surface area contributed by atoms with Gasteiger partial charge in [0, 0.05) is 24.7 Å². The lowest BCUT2D eigenvalue weighted by Crippen LogP contribution is -2.28. The first kappa shape index (κ1) is 18.5. The fourth-order valence-electron chi connectivity index (χ4n) is 3.05. The minimum Gasteiger partial charge on any atom is -0.326 e. The number of aryl methyl sites for hydroxylation is 1. The smallest absolute Gasteiger partial charge is 0.306 e. The second kappa shape index (κ2) is 7.53. The van der Waals surface area contributed by atoms with Crippen LogP contribution < -0.4 is 10.2 Å². The SMILES string of the molecule is CCc1cccc(NC(=O)C2CC(=O)N(c3ccc(F)c([N+](=O)[O-])c3)C2)c1. The number of carbonyl (C=O) groups is 2. The highest BCUT2D eigenvalue weighted by molar-refractivity contribution is 6.03. The molecule has 0 saturated carbocycles. The molecule has 27 heavy (non-hydrogen) atoms. The van der Waals surface area contributed by atoms with Crippen molar-refractivity contribution in [3.05, 3.63) is 64.0 Å². The molecule has 1 N–H and O–H groups in total. The molecule has 1 atom stereocenters. The predicted octanol–water partition coefficient (Wildman–Crippen LogP) is 3.29. The molecule has 7 nitrogen and oxygen atoms in total. The van der Waals surface area contributed by atoms with E-state index in [9.17, 15) is 24.1 Å². The van der Waals surface area contributed by atoms with Gasteiger partial charge in [-0.1, -0.05) is 19.1 Å².